The number of phenols is 1. The van der Waals surface area contributed by atoms with Crippen LogP contribution >= 0.6 is 34.2 Å². The topological polar surface area (TPSA) is 20.2 Å². The fourth-order valence-corrected chi connectivity index (χ4v) is 1.02. The van der Waals surface area contributed by atoms with Crippen molar-refractivity contribution in [2.75, 3.05) is 0 Å². The molecule has 0 atom stereocenters. The number of benzene rings is 1. The fraction of sp³-hybridized carbons (Fsp3) is 0. The van der Waals surface area contributed by atoms with Gasteiger partial charge in [-0.2, -0.15) is 0 Å². The highest BCUT2D eigenvalue weighted by Gasteiger charge is 1.98. The molecule has 3 heteroatoms. The molecule has 9 heavy (non-hydrogen) atoms. The molecule has 1 nitrogen and oxygen atoms in total. The highest BCUT2D eigenvalue weighted by molar-refractivity contribution is 14.1. The van der Waals surface area contributed by atoms with Crippen molar-refractivity contribution in [3.63, 3.8) is 0 Å². The Morgan fingerprint density at radius 2 is 2.11 bits per heavy atom. The van der Waals surface area contributed by atoms with Crippen LogP contribution in [-0.2, 0) is 0 Å². The van der Waals surface area contributed by atoms with E-state index in [-0.39, 0.29) is 5.75 Å². The molecule has 0 amide bonds. The summed E-state index contributed by atoms with van der Waals surface area (Å²) in [5, 5.41) is 9.60. The van der Waals surface area contributed by atoms with Gasteiger partial charge in [0.05, 0.1) is 8.59 Å². The molecule has 0 spiro atoms. The maximum Gasteiger partial charge on any atom is 0.130 e. The van der Waals surface area contributed by atoms with E-state index in [1.807, 2.05) is 22.6 Å². The van der Waals surface area contributed by atoms with Gasteiger partial charge in [0.1, 0.15) is 5.75 Å². The third-order valence-corrected chi connectivity index (χ3v) is 2.70. The molecule has 0 aliphatic carbocycles. The monoisotopic (exact) mass is 254 g/mol. The standard InChI is InChI=1S/C6H4ClIO/c7-4-2-1-3-5(9)6(4)8/h1-3,9H. The van der Waals surface area contributed by atoms with Crippen LogP contribution in [0.5, 0.6) is 5.75 Å². The van der Waals surface area contributed by atoms with Gasteiger partial charge in [0.25, 0.3) is 0 Å². The second kappa shape index (κ2) is 2.75. The van der Waals surface area contributed by atoms with Crippen molar-refractivity contribution in [2.45, 2.75) is 0 Å². The molecule has 0 heterocycles. The van der Waals surface area contributed by atoms with Crippen molar-refractivity contribution in [1.29, 1.82) is 0 Å². The van der Waals surface area contributed by atoms with Gasteiger partial charge in [0, 0.05) is 0 Å². The molecule has 0 unspecified atom stereocenters. The van der Waals surface area contributed by atoms with Crippen molar-refractivity contribution >= 4 is 34.2 Å². The van der Waals surface area contributed by atoms with Gasteiger partial charge in [0.15, 0.2) is 0 Å². The summed E-state index contributed by atoms with van der Waals surface area (Å²) in [6.45, 7) is 0. The van der Waals surface area contributed by atoms with E-state index >= 15 is 0 Å². The molecule has 0 aliphatic rings. The molecular formula is C6H4ClIO. The highest BCUT2D eigenvalue weighted by Crippen LogP contribution is 2.25. The largest absolute Gasteiger partial charge is 0.507 e. The van der Waals surface area contributed by atoms with Crippen LogP contribution in [0.1, 0.15) is 0 Å². The minimum atomic E-state index is 0.239. The first-order valence-electron chi connectivity index (χ1n) is 2.35. The van der Waals surface area contributed by atoms with Crippen LogP contribution in [0.3, 0.4) is 0 Å². The van der Waals surface area contributed by atoms with E-state index in [0.717, 1.165) is 0 Å². The van der Waals surface area contributed by atoms with E-state index in [9.17, 15) is 0 Å². The summed E-state index contributed by atoms with van der Waals surface area (Å²) in [6.07, 6.45) is 0. The quantitative estimate of drug-likeness (QED) is 0.706. The SMILES string of the molecule is Oc1cccc(Cl)c1I. The number of phenolic OH excluding ortho intramolecular Hbond substituents is 1. The highest BCUT2D eigenvalue weighted by atomic mass is 127. The molecule has 0 radical (unpaired) electrons. The fourth-order valence-electron chi connectivity index (χ4n) is 0.492. The molecule has 0 saturated heterocycles. The molecule has 1 rings (SSSR count). The van der Waals surface area contributed by atoms with E-state index in [1.54, 1.807) is 18.2 Å². The summed E-state index contributed by atoms with van der Waals surface area (Å²) in [5.74, 6) is 0.239. The summed E-state index contributed by atoms with van der Waals surface area (Å²) in [7, 11) is 0. The predicted molar refractivity (Wildman–Crippen MR) is 45.8 cm³/mol. The van der Waals surface area contributed by atoms with E-state index in [4.69, 9.17) is 16.7 Å². The summed E-state index contributed by atoms with van der Waals surface area (Å²) in [4.78, 5) is 0. The van der Waals surface area contributed by atoms with Gasteiger partial charge < -0.3 is 5.11 Å². The van der Waals surface area contributed by atoms with E-state index in [2.05, 4.69) is 0 Å². The second-order valence-corrected chi connectivity index (χ2v) is 3.06. The maximum atomic E-state index is 9.01. The third kappa shape index (κ3) is 1.49. The molecule has 1 N–H and O–H groups in total. The summed E-state index contributed by atoms with van der Waals surface area (Å²) < 4.78 is 0.705. The first-order valence-corrected chi connectivity index (χ1v) is 3.80. The number of hydrogen-bond acceptors (Lipinski definition) is 1. The van der Waals surface area contributed by atoms with Crippen molar-refractivity contribution in [3.05, 3.63) is 26.8 Å². The Morgan fingerprint density at radius 1 is 1.44 bits per heavy atom. The van der Waals surface area contributed by atoms with Gasteiger partial charge in [-0.15, -0.1) is 0 Å². The average molecular weight is 254 g/mol. The lowest BCUT2D eigenvalue weighted by molar-refractivity contribution is 0.471. The Bertz CT molecular complexity index is 204. The average Bonchev–Trinajstić information content (AvgIpc) is 1.83. The molecule has 1 aromatic carbocycles. The van der Waals surface area contributed by atoms with Gasteiger partial charge in [0.2, 0.25) is 0 Å². The summed E-state index contributed by atoms with van der Waals surface area (Å²) in [6, 6.07) is 5.05. The van der Waals surface area contributed by atoms with E-state index < -0.39 is 0 Å². The van der Waals surface area contributed by atoms with Crippen LogP contribution in [-0.4, -0.2) is 5.11 Å². The zero-order chi connectivity index (χ0) is 6.85. The molecule has 0 aliphatic heterocycles. The number of aromatic hydroxyl groups is 1. The lowest BCUT2D eigenvalue weighted by Gasteiger charge is -1.95. The smallest absolute Gasteiger partial charge is 0.130 e. The minimum Gasteiger partial charge on any atom is -0.507 e. The van der Waals surface area contributed by atoms with E-state index in [1.165, 1.54) is 0 Å². The molecule has 0 bridgehead atoms. The summed E-state index contributed by atoms with van der Waals surface area (Å²) >= 11 is 7.63. The molecule has 48 valence electrons. The zero-order valence-corrected chi connectivity index (χ0v) is 7.35. The van der Waals surface area contributed by atoms with Crippen molar-refractivity contribution < 1.29 is 5.11 Å². The van der Waals surface area contributed by atoms with Gasteiger partial charge in [-0.05, 0) is 34.7 Å². The number of hydrogen-bond donors (Lipinski definition) is 1. The minimum absolute atomic E-state index is 0.239. The van der Waals surface area contributed by atoms with Crippen molar-refractivity contribution in [3.8, 4) is 5.75 Å². The predicted octanol–water partition coefficient (Wildman–Crippen LogP) is 2.65. The van der Waals surface area contributed by atoms with Crippen LogP contribution in [0.2, 0.25) is 5.02 Å². The number of rotatable bonds is 0. The second-order valence-electron chi connectivity index (χ2n) is 1.57. The van der Waals surface area contributed by atoms with Crippen LogP contribution in [0, 0.1) is 3.57 Å². The van der Waals surface area contributed by atoms with Crippen molar-refractivity contribution in [2.24, 2.45) is 0 Å². The Hall–Kier alpha value is 0.0400. The molecule has 0 saturated carbocycles. The van der Waals surface area contributed by atoms with E-state index in [0.29, 0.717) is 8.59 Å². The zero-order valence-electron chi connectivity index (χ0n) is 4.44. The van der Waals surface area contributed by atoms with Crippen LogP contribution in [0.4, 0.5) is 0 Å². The van der Waals surface area contributed by atoms with Crippen LogP contribution < -0.4 is 0 Å². The Morgan fingerprint density at radius 3 is 2.56 bits per heavy atom. The Balaban J connectivity index is 3.25. The first kappa shape index (κ1) is 7.15. The molecular weight excluding hydrogens is 250 g/mol. The third-order valence-electron chi connectivity index (χ3n) is 0.931. The lowest BCUT2D eigenvalue weighted by Crippen LogP contribution is -1.72. The maximum absolute atomic E-state index is 9.01. The normalized spacial score (nSPS) is 9.56. The van der Waals surface area contributed by atoms with Gasteiger partial charge in [-0.25, -0.2) is 0 Å². The van der Waals surface area contributed by atoms with Crippen LogP contribution in [0.25, 0.3) is 0 Å². The molecule has 1 aromatic rings. The number of halogens is 2. The molecule has 0 fully saturated rings. The lowest BCUT2D eigenvalue weighted by atomic mass is 10.3. The van der Waals surface area contributed by atoms with Gasteiger partial charge in [-0.1, -0.05) is 17.7 Å². The van der Waals surface area contributed by atoms with Gasteiger partial charge in [-0.3, -0.25) is 0 Å². The van der Waals surface area contributed by atoms with Crippen LogP contribution in [0.15, 0.2) is 18.2 Å². The van der Waals surface area contributed by atoms with Gasteiger partial charge >= 0.3 is 0 Å². The Labute approximate surface area is 71.8 Å². The Kier molecular flexibility index (Phi) is 2.18. The molecule has 0 aromatic heterocycles. The summed E-state index contributed by atoms with van der Waals surface area (Å²) in [5.41, 5.74) is 0. The van der Waals surface area contributed by atoms with Crippen molar-refractivity contribution in [1.82, 2.24) is 0 Å². The first-order chi connectivity index (χ1) is 4.22.